The minimum absolute atomic E-state index is 0. The van der Waals surface area contributed by atoms with Crippen LogP contribution in [0.5, 0.6) is 0 Å². The van der Waals surface area contributed by atoms with E-state index >= 15 is 0 Å². The number of nitrogens with zero attached hydrogens (tertiary/aromatic N) is 1. The molecule has 0 radical (unpaired) electrons. The Kier molecular flexibility index (Phi) is 9.22. The fourth-order valence-electron chi connectivity index (χ4n) is 3.68. The lowest BCUT2D eigenvalue weighted by Crippen LogP contribution is -2.49. The lowest BCUT2D eigenvalue weighted by molar-refractivity contribution is 0.0782. The van der Waals surface area contributed by atoms with Crippen LogP contribution in [0.2, 0.25) is 0 Å². The van der Waals surface area contributed by atoms with Gasteiger partial charge in [-0.2, -0.15) is 11.8 Å². The van der Waals surface area contributed by atoms with E-state index in [-0.39, 0.29) is 34.1 Å². The molecule has 0 bridgehead atoms. The maximum Gasteiger partial charge on any atom is 0.191 e. The van der Waals surface area contributed by atoms with Gasteiger partial charge >= 0.3 is 0 Å². The molecular weight excluding hydrogens is 537 g/mol. The molecule has 0 aromatic heterocycles. The second kappa shape index (κ2) is 10.7. The predicted octanol–water partition coefficient (Wildman–Crippen LogP) is 4.57. The van der Waals surface area contributed by atoms with Crippen LogP contribution in [0.3, 0.4) is 0 Å². The summed E-state index contributed by atoms with van der Waals surface area (Å²) in [6.45, 7) is 5.85. The smallest absolute Gasteiger partial charge is 0.191 e. The van der Waals surface area contributed by atoms with E-state index in [0.717, 1.165) is 55.3 Å². The molecule has 1 heterocycles. The van der Waals surface area contributed by atoms with Gasteiger partial charge in [-0.3, -0.25) is 4.99 Å². The Morgan fingerprint density at radius 1 is 1.19 bits per heavy atom. The van der Waals surface area contributed by atoms with E-state index in [4.69, 9.17) is 4.74 Å². The van der Waals surface area contributed by atoms with Crippen molar-refractivity contribution in [1.29, 1.82) is 0 Å². The van der Waals surface area contributed by atoms with Crippen LogP contribution in [0, 0.1) is 0 Å². The van der Waals surface area contributed by atoms with Crippen LogP contribution in [0.4, 0.5) is 0 Å². The van der Waals surface area contributed by atoms with Gasteiger partial charge in [0, 0.05) is 48.0 Å². The zero-order chi connectivity index (χ0) is 18.5. The predicted molar refractivity (Wildman–Crippen MR) is 131 cm³/mol. The third-order valence-corrected chi connectivity index (χ3v) is 7.49. The second-order valence-corrected chi connectivity index (χ2v) is 9.95. The van der Waals surface area contributed by atoms with E-state index in [9.17, 15) is 0 Å². The maximum atomic E-state index is 5.57. The molecule has 27 heavy (non-hydrogen) atoms. The number of aliphatic imine (C=N–C) groups is 1. The van der Waals surface area contributed by atoms with Crippen molar-refractivity contribution in [3.8, 4) is 0 Å². The van der Waals surface area contributed by atoms with Gasteiger partial charge in [0.1, 0.15) is 0 Å². The first kappa shape index (κ1) is 23.3. The van der Waals surface area contributed by atoms with Crippen molar-refractivity contribution in [2.75, 3.05) is 39.1 Å². The number of ether oxygens (including phenoxy) is 1. The molecule has 2 fully saturated rings. The number of nitrogens with one attached hydrogen (secondary N) is 2. The van der Waals surface area contributed by atoms with Gasteiger partial charge < -0.3 is 15.4 Å². The molecule has 2 N–H and O–H groups in total. The van der Waals surface area contributed by atoms with Gasteiger partial charge in [-0.15, -0.1) is 24.0 Å². The Hall–Kier alpha value is 0.01000. The Labute approximate surface area is 193 Å². The van der Waals surface area contributed by atoms with Crippen molar-refractivity contribution in [3.63, 3.8) is 0 Å². The summed E-state index contributed by atoms with van der Waals surface area (Å²) in [5.41, 5.74) is 1.67. The number of halogens is 2. The second-order valence-electron chi connectivity index (χ2n) is 7.30. The number of hydrogen-bond acceptors (Lipinski definition) is 3. The SMILES string of the molecule is CCSC1(CNC(=NC)NCC2(c3cccc(Br)c3)CC2)CCOCC1.I. The van der Waals surface area contributed by atoms with Crippen molar-refractivity contribution < 1.29 is 4.74 Å². The normalized spacial score (nSPS) is 20.5. The lowest BCUT2D eigenvalue weighted by atomic mass is 9.96. The van der Waals surface area contributed by atoms with Gasteiger partial charge in [0.15, 0.2) is 5.96 Å². The van der Waals surface area contributed by atoms with Crippen LogP contribution >= 0.6 is 51.7 Å². The minimum Gasteiger partial charge on any atom is -0.381 e. The molecule has 2 aliphatic rings. The van der Waals surface area contributed by atoms with E-state index < -0.39 is 0 Å². The topological polar surface area (TPSA) is 45.7 Å². The molecule has 0 unspecified atom stereocenters. The molecule has 7 heteroatoms. The zero-order valence-corrected chi connectivity index (χ0v) is 21.0. The van der Waals surface area contributed by atoms with Crippen LogP contribution in [0.15, 0.2) is 33.7 Å². The van der Waals surface area contributed by atoms with Crippen LogP contribution in [-0.2, 0) is 10.2 Å². The van der Waals surface area contributed by atoms with Gasteiger partial charge in [-0.1, -0.05) is 35.0 Å². The number of benzene rings is 1. The average molecular weight is 568 g/mol. The monoisotopic (exact) mass is 567 g/mol. The van der Waals surface area contributed by atoms with Crippen molar-refractivity contribution in [2.45, 2.75) is 42.8 Å². The largest absolute Gasteiger partial charge is 0.381 e. The number of rotatable bonds is 7. The first-order chi connectivity index (χ1) is 12.6. The van der Waals surface area contributed by atoms with Crippen molar-refractivity contribution >= 4 is 57.6 Å². The highest BCUT2D eigenvalue weighted by Crippen LogP contribution is 2.48. The average Bonchev–Trinajstić information content (AvgIpc) is 3.44. The summed E-state index contributed by atoms with van der Waals surface area (Å²) in [7, 11) is 1.86. The van der Waals surface area contributed by atoms with Crippen LogP contribution in [0.1, 0.15) is 38.2 Å². The summed E-state index contributed by atoms with van der Waals surface area (Å²) in [5, 5.41) is 7.15. The molecule has 1 saturated heterocycles. The third-order valence-electron chi connectivity index (χ3n) is 5.54. The molecule has 0 amide bonds. The molecule has 0 spiro atoms. The van der Waals surface area contributed by atoms with Crippen molar-refractivity contribution in [3.05, 3.63) is 34.3 Å². The van der Waals surface area contributed by atoms with Crippen LogP contribution < -0.4 is 10.6 Å². The van der Waals surface area contributed by atoms with Gasteiger partial charge in [-0.05, 0) is 49.1 Å². The van der Waals surface area contributed by atoms with Gasteiger partial charge in [0.25, 0.3) is 0 Å². The quantitative estimate of drug-likeness (QED) is 0.288. The molecule has 3 rings (SSSR count). The summed E-state index contributed by atoms with van der Waals surface area (Å²) in [6, 6.07) is 8.71. The van der Waals surface area contributed by atoms with Crippen LogP contribution in [0.25, 0.3) is 0 Å². The molecule has 1 aliphatic heterocycles. The van der Waals surface area contributed by atoms with E-state index in [1.165, 1.54) is 18.4 Å². The Bertz CT molecular complexity index is 628. The maximum absolute atomic E-state index is 5.57. The molecule has 4 nitrogen and oxygen atoms in total. The van der Waals surface area contributed by atoms with Crippen molar-refractivity contribution in [1.82, 2.24) is 10.6 Å². The molecule has 152 valence electrons. The molecule has 1 aromatic rings. The highest BCUT2D eigenvalue weighted by molar-refractivity contribution is 14.0. The molecule has 1 saturated carbocycles. The zero-order valence-electron chi connectivity index (χ0n) is 16.2. The van der Waals surface area contributed by atoms with Gasteiger partial charge in [0.05, 0.1) is 0 Å². The standard InChI is InChI=1S/C20H30BrN3OS.HI/c1-3-26-20(9-11-25-12-10-20)15-24-18(22-2)23-14-19(7-8-19)16-5-4-6-17(21)13-16;/h4-6,13H,3,7-12,14-15H2,1-2H3,(H2,22,23,24);1H. The summed E-state index contributed by atoms with van der Waals surface area (Å²) in [5.74, 6) is 2.05. The Balaban J connectivity index is 0.00000261. The van der Waals surface area contributed by atoms with E-state index in [1.54, 1.807) is 0 Å². The summed E-state index contributed by atoms with van der Waals surface area (Å²) in [4.78, 5) is 4.45. The fraction of sp³-hybridized carbons (Fsp3) is 0.650. The number of thioether (sulfide) groups is 1. The third kappa shape index (κ3) is 6.24. The highest BCUT2D eigenvalue weighted by atomic mass is 127. The number of hydrogen-bond donors (Lipinski definition) is 2. The van der Waals surface area contributed by atoms with E-state index in [0.29, 0.717) is 0 Å². The Morgan fingerprint density at radius 3 is 2.48 bits per heavy atom. The molecule has 0 atom stereocenters. The first-order valence-corrected chi connectivity index (χ1v) is 11.3. The van der Waals surface area contributed by atoms with E-state index in [1.807, 2.05) is 7.05 Å². The van der Waals surface area contributed by atoms with Gasteiger partial charge in [0.2, 0.25) is 0 Å². The Morgan fingerprint density at radius 2 is 1.89 bits per heavy atom. The van der Waals surface area contributed by atoms with Crippen molar-refractivity contribution in [2.24, 2.45) is 4.99 Å². The van der Waals surface area contributed by atoms with Crippen LogP contribution in [-0.4, -0.2) is 49.8 Å². The molecular formula is C20H31BrIN3OS. The molecule has 1 aromatic carbocycles. The summed E-state index contributed by atoms with van der Waals surface area (Å²) >= 11 is 5.65. The number of guanidine groups is 1. The van der Waals surface area contributed by atoms with Gasteiger partial charge in [-0.25, -0.2) is 0 Å². The lowest BCUT2D eigenvalue weighted by Gasteiger charge is -2.37. The summed E-state index contributed by atoms with van der Waals surface area (Å²) in [6.07, 6.45) is 4.69. The van der Waals surface area contributed by atoms with E-state index in [2.05, 4.69) is 74.5 Å². The fourth-order valence-corrected chi connectivity index (χ4v) is 5.32. The summed E-state index contributed by atoms with van der Waals surface area (Å²) < 4.78 is 7.00. The minimum atomic E-state index is 0. The first-order valence-electron chi connectivity index (χ1n) is 9.54. The molecule has 1 aliphatic carbocycles. The highest BCUT2D eigenvalue weighted by Gasteiger charge is 2.44.